The summed E-state index contributed by atoms with van der Waals surface area (Å²) in [5.74, 6) is 0.0490. The summed E-state index contributed by atoms with van der Waals surface area (Å²) in [7, 11) is 1.97. The zero-order valence-corrected chi connectivity index (χ0v) is 10.9. The van der Waals surface area contributed by atoms with E-state index in [1.807, 2.05) is 14.0 Å². The average molecular weight is 240 g/mol. The fourth-order valence-corrected chi connectivity index (χ4v) is 2.46. The van der Waals surface area contributed by atoms with E-state index in [2.05, 4.69) is 10.6 Å². The van der Waals surface area contributed by atoms with Crippen molar-refractivity contribution in [3.63, 3.8) is 0 Å². The molecule has 4 heteroatoms. The van der Waals surface area contributed by atoms with E-state index in [9.17, 15) is 4.79 Å². The molecule has 0 aromatic heterocycles. The van der Waals surface area contributed by atoms with Crippen molar-refractivity contribution in [2.45, 2.75) is 69.7 Å². The van der Waals surface area contributed by atoms with Crippen LogP contribution in [0.5, 0.6) is 0 Å². The molecule has 2 aliphatic rings. The van der Waals surface area contributed by atoms with Crippen LogP contribution in [0, 0.1) is 0 Å². The predicted octanol–water partition coefficient (Wildman–Crippen LogP) is 1.20. The van der Waals surface area contributed by atoms with Gasteiger partial charge in [-0.05, 0) is 39.7 Å². The number of amides is 1. The minimum Gasteiger partial charge on any atom is -0.364 e. The Morgan fingerprint density at radius 3 is 2.59 bits per heavy atom. The molecule has 0 radical (unpaired) electrons. The first kappa shape index (κ1) is 12.8. The molecule has 3 unspecified atom stereocenters. The maximum Gasteiger partial charge on any atom is 0.249 e. The van der Waals surface area contributed by atoms with E-state index in [1.165, 1.54) is 12.8 Å². The summed E-state index contributed by atoms with van der Waals surface area (Å²) in [5, 5.41) is 6.29. The van der Waals surface area contributed by atoms with Crippen LogP contribution in [0.2, 0.25) is 0 Å². The Balaban J connectivity index is 1.78. The maximum absolute atomic E-state index is 11.8. The van der Waals surface area contributed by atoms with Gasteiger partial charge in [0, 0.05) is 12.1 Å². The Labute approximate surface area is 103 Å². The van der Waals surface area contributed by atoms with Gasteiger partial charge in [-0.1, -0.05) is 12.8 Å². The van der Waals surface area contributed by atoms with Crippen molar-refractivity contribution in [2.24, 2.45) is 0 Å². The molecular weight excluding hydrogens is 216 g/mol. The van der Waals surface area contributed by atoms with E-state index >= 15 is 0 Å². The number of rotatable bonds is 5. The number of carbonyl (C=O) groups is 1. The molecule has 2 N–H and O–H groups in total. The van der Waals surface area contributed by atoms with Crippen molar-refractivity contribution in [3.05, 3.63) is 0 Å². The van der Waals surface area contributed by atoms with Crippen molar-refractivity contribution in [3.8, 4) is 0 Å². The minimum atomic E-state index is -0.324. The van der Waals surface area contributed by atoms with E-state index in [-0.39, 0.29) is 18.1 Å². The lowest BCUT2D eigenvalue weighted by Gasteiger charge is -2.32. The highest BCUT2D eigenvalue weighted by molar-refractivity contribution is 5.80. The number of nitrogens with one attached hydrogen (secondary N) is 2. The van der Waals surface area contributed by atoms with Gasteiger partial charge in [0.15, 0.2) is 0 Å². The number of carbonyl (C=O) groups excluding carboxylic acids is 1. The largest absolute Gasteiger partial charge is 0.364 e. The van der Waals surface area contributed by atoms with Crippen LogP contribution < -0.4 is 10.6 Å². The summed E-state index contributed by atoms with van der Waals surface area (Å²) in [4.78, 5) is 11.8. The highest BCUT2D eigenvalue weighted by Crippen LogP contribution is 2.23. The lowest BCUT2D eigenvalue weighted by atomic mass is 9.92. The molecule has 4 nitrogen and oxygen atoms in total. The molecule has 0 spiro atoms. The van der Waals surface area contributed by atoms with Gasteiger partial charge >= 0.3 is 0 Å². The first-order chi connectivity index (χ1) is 8.20. The number of ether oxygens (including phenoxy) is 1. The van der Waals surface area contributed by atoms with Crippen molar-refractivity contribution in [1.82, 2.24) is 10.6 Å². The van der Waals surface area contributed by atoms with E-state index in [4.69, 9.17) is 4.74 Å². The lowest BCUT2D eigenvalue weighted by molar-refractivity contribution is -0.137. The highest BCUT2D eigenvalue weighted by Gasteiger charge is 2.30. The molecule has 1 amide bonds. The van der Waals surface area contributed by atoms with Gasteiger partial charge < -0.3 is 15.4 Å². The van der Waals surface area contributed by atoms with Crippen LogP contribution in [0.4, 0.5) is 0 Å². The molecule has 0 saturated heterocycles. The Morgan fingerprint density at radius 2 is 1.94 bits per heavy atom. The van der Waals surface area contributed by atoms with Gasteiger partial charge in [0.1, 0.15) is 6.10 Å². The first-order valence-corrected chi connectivity index (χ1v) is 6.84. The normalized spacial score (nSPS) is 30.9. The van der Waals surface area contributed by atoms with Crippen LogP contribution >= 0.6 is 0 Å². The highest BCUT2D eigenvalue weighted by atomic mass is 16.5. The van der Waals surface area contributed by atoms with Crippen molar-refractivity contribution in [2.75, 3.05) is 7.05 Å². The molecule has 2 aliphatic carbocycles. The molecule has 2 saturated carbocycles. The molecule has 0 aliphatic heterocycles. The molecule has 0 aromatic carbocycles. The smallest absolute Gasteiger partial charge is 0.249 e. The summed E-state index contributed by atoms with van der Waals surface area (Å²) in [6, 6.07) is 0.819. The first-order valence-electron chi connectivity index (χ1n) is 6.84. The molecule has 3 atom stereocenters. The van der Waals surface area contributed by atoms with Crippen LogP contribution in [-0.2, 0) is 9.53 Å². The van der Waals surface area contributed by atoms with Crippen LogP contribution in [0.3, 0.4) is 0 Å². The summed E-state index contributed by atoms with van der Waals surface area (Å²) in [5.41, 5.74) is 0. The second-order valence-electron chi connectivity index (χ2n) is 5.28. The third-order valence-electron chi connectivity index (χ3n) is 3.75. The summed E-state index contributed by atoms with van der Waals surface area (Å²) in [6.45, 7) is 1.86. The molecule has 2 fully saturated rings. The molecule has 0 aromatic rings. The van der Waals surface area contributed by atoms with Crippen molar-refractivity contribution < 1.29 is 9.53 Å². The number of likely N-dealkylation sites (N-methyl/N-ethyl adjacent to an activating group) is 1. The van der Waals surface area contributed by atoms with Gasteiger partial charge in [0.25, 0.3) is 0 Å². The van der Waals surface area contributed by atoms with Gasteiger partial charge in [-0.3, -0.25) is 4.79 Å². The zero-order chi connectivity index (χ0) is 12.3. The summed E-state index contributed by atoms with van der Waals surface area (Å²) >= 11 is 0. The second kappa shape index (κ2) is 5.83. The third-order valence-corrected chi connectivity index (χ3v) is 3.75. The van der Waals surface area contributed by atoms with Crippen LogP contribution in [0.1, 0.15) is 45.4 Å². The van der Waals surface area contributed by atoms with E-state index in [0.717, 1.165) is 25.7 Å². The Morgan fingerprint density at radius 1 is 1.24 bits per heavy atom. The molecule has 2 rings (SSSR count). The maximum atomic E-state index is 11.8. The third kappa shape index (κ3) is 3.68. The van der Waals surface area contributed by atoms with E-state index in [0.29, 0.717) is 12.1 Å². The standard InChI is InChI=1S/C13H24N2O2/c1-9(13(16)15-10-7-8-10)17-12-6-4-3-5-11(12)14-2/h9-12,14H,3-8H2,1-2H3,(H,15,16). The van der Waals surface area contributed by atoms with Gasteiger partial charge in [-0.2, -0.15) is 0 Å². The van der Waals surface area contributed by atoms with Gasteiger partial charge in [0.2, 0.25) is 5.91 Å². The number of hydrogen-bond acceptors (Lipinski definition) is 3. The van der Waals surface area contributed by atoms with Crippen LogP contribution in [-0.4, -0.2) is 37.2 Å². The van der Waals surface area contributed by atoms with Gasteiger partial charge in [-0.15, -0.1) is 0 Å². The second-order valence-corrected chi connectivity index (χ2v) is 5.28. The molecule has 0 bridgehead atoms. The van der Waals surface area contributed by atoms with Crippen molar-refractivity contribution >= 4 is 5.91 Å². The lowest BCUT2D eigenvalue weighted by Crippen LogP contribution is -2.46. The minimum absolute atomic E-state index is 0.0490. The summed E-state index contributed by atoms with van der Waals surface area (Å²) in [6.07, 6.45) is 6.80. The average Bonchev–Trinajstić information content (AvgIpc) is 3.13. The Hall–Kier alpha value is -0.610. The van der Waals surface area contributed by atoms with Crippen molar-refractivity contribution in [1.29, 1.82) is 0 Å². The van der Waals surface area contributed by atoms with Gasteiger partial charge in [-0.25, -0.2) is 0 Å². The molecular formula is C13H24N2O2. The van der Waals surface area contributed by atoms with Crippen LogP contribution in [0.15, 0.2) is 0 Å². The SMILES string of the molecule is CNC1CCCCC1OC(C)C(=O)NC1CC1. The fourth-order valence-electron chi connectivity index (χ4n) is 2.46. The fraction of sp³-hybridized carbons (Fsp3) is 0.923. The molecule has 98 valence electrons. The van der Waals surface area contributed by atoms with E-state index in [1.54, 1.807) is 0 Å². The Bertz CT molecular complexity index is 266. The quantitative estimate of drug-likeness (QED) is 0.759. The zero-order valence-electron chi connectivity index (χ0n) is 10.9. The van der Waals surface area contributed by atoms with E-state index < -0.39 is 0 Å². The number of hydrogen-bond donors (Lipinski definition) is 2. The Kier molecular flexibility index (Phi) is 4.40. The van der Waals surface area contributed by atoms with Crippen LogP contribution in [0.25, 0.3) is 0 Å². The predicted molar refractivity (Wildman–Crippen MR) is 66.8 cm³/mol. The monoisotopic (exact) mass is 240 g/mol. The molecule has 17 heavy (non-hydrogen) atoms. The van der Waals surface area contributed by atoms with Gasteiger partial charge in [0.05, 0.1) is 6.10 Å². The topological polar surface area (TPSA) is 50.4 Å². The molecule has 0 heterocycles. The summed E-state index contributed by atoms with van der Waals surface area (Å²) < 4.78 is 5.91.